The van der Waals surface area contributed by atoms with E-state index in [0.29, 0.717) is 19.1 Å². The molecule has 2 aliphatic rings. The van der Waals surface area contributed by atoms with Crippen molar-refractivity contribution in [3.63, 3.8) is 0 Å². The normalized spacial score (nSPS) is 25.7. The van der Waals surface area contributed by atoms with Crippen LogP contribution in [-0.4, -0.2) is 41.6 Å². The van der Waals surface area contributed by atoms with Crippen LogP contribution in [-0.2, 0) is 9.53 Å². The number of carbonyl (C=O) groups excluding carboxylic acids is 2. The lowest BCUT2D eigenvalue weighted by atomic mass is 9.76. The fraction of sp³-hybridized carbons (Fsp3) is 0.867. The molecule has 2 fully saturated rings. The standard InChI is InChI=1S/C15H26N2O3/c1-5-11-10-15(12(18)16-11)6-8-17(9-7-15)13(19)20-14(2,3)4/h11H,5-10H2,1-4H3,(H,16,18). The summed E-state index contributed by atoms with van der Waals surface area (Å²) in [6, 6.07) is 0.301. The summed E-state index contributed by atoms with van der Waals surface area (Å²) < 4.78 is 5.38. The molecule has 114 valence electrons. The highest BCUT2D eigenvalue weighted by molar-refractivity contribution is 5.85. The fourth-order valence-electron chi connectivity index (χ4n) is 3.08. The van der Waals surface area contributed by atoms with Crippen LogP contribution in [0.25, 0.3) is 0 Å². The molecule has 0 saturated carbocycles. The number of amides is 2. The Morgan fingerprint density at radius 2 is 2.00 bits per heavy atom. The van der Waals surface area contributed by atoms with E-state index in [1.54, 1.807) is 4.90 Å². The highest BCUT2D eigenvalue weighted by Gasteiger charge is 2.48. The molecule has 1 spiro atoms. The van der Waals surface area contributed by atoms with E-state index >= 15 is 0 Å². The van der Waals surface area contributed by atoms with E-state index in [0.717, 1.165) is 25.7 Å². The monoisotopic (exact) mass is 282 g/mol. The van der Waals surface area contributed by atoms with Gasteiger partial charge in [0.05, 0.1) is 5.41 Å². The van der Waals surface area contributed by atoms with E-state index in [9.17, 15) is 9.59 Å². The van der Waals surface area contributed by atoms with Crippen LogP contribution >= 0.6 is 0 Å². The maximum atomic E-state index is 12.2. The van der Waals surface area contributed by atoms with Crippen molar-refractivity contribution in [1.82, 2.24) is 10.2 Å². The molecular formula is C15H26N2O3. The lowest BCUT2D eigenvalue weighted by Crippen LogP contribution is -2.47. The number of likely N-dealkylation sites (tertiary alicyclic amines) is 1. The molecule has 1 atom stereocenters. The van der Waals surface area contributed by atoms with Crippen molar-refractivity contribution in [2.24, 2.45) is 5.41 Å². The Bertz CT molecular complexity index is 392. The van der Waals surface area contributed by atoms with E-state index in [1.807, 2.05) is 20.8 Å². The van der Waals surface area contributed by atoms with Crippen molar-refractivity contribution >= 4 is 12.0 Å². The van der Waals surface area contributed by atoms with Crippen LogP contribution in [0.4, 0.5) is 4.79 Å². The molecule has 5 heteroatoms. The van der Waals surface area contributed by atoms with Gasteiger partial charge in [0.2, 0.25) is 5.91 Å². The maximum absolute atomic E-state index is 12.2. The third-order valence-corrected chi connectivity index (χ3v) is 4.32. The van der Waals surface area contributed by atoms with Crippen molar-refractivity contribution in [1.29, 1.82) is 0 Å². The van der Waals surface area contributed by atoms with Crippen LogP contribution in [0.3, 0.4) is 0 Å². The summed E-state index contributed by atoms with van der Waals surface area (Å²) in [5.41, 5.74) is -0.719. The lowest BCUT2D eigenvalue weighted by molar-refractivity contribution is -0.130. The highest BCUT2D eigenvalue weighted by Crippen LogP contribution is 2.41. The first-order valence-electron chi connectivity index (χ1n) is 7.55. The number of rotatable bonds is 1. The smallest absolute Gasteiger partial charge is 0.410 e. The predicted molar refractivity (Wildman–Crippen MR) is 76.3 cm³/mol. The highest BCUT2D eigenvalue weighted by atomic mass is 16.6. The summed E-state index contributed by atoms with van der Waals surface area (Å²) in [5, 5.41) is 3.07. The van der Waals surface area contributed by atoms with Gasteiger partial charge in [-0.15, -0.1) is 0 Å². The molecule has 0 aromatic heterocycles. The van der Waals surface area contributed by atoms with Crippen molar-refractivity contribution < 1.29 is 14.3 Å². The number of hydrogen-bond acceptors (Lipinski definition) is 3. The molecule has 0 aromatic rings. The molecule has 0 bridgehead atoms. The van der Waals surface area contributed by atoms with Crippen LogP contribution in [0.2, 0.25) is 0 Å². The van der Waals surface area contributed by atoms with Gasteiger partial charge >= 0.3 is 6.09 Å². The SMILES string of the molecule is CCC1CC2(CCN(C(=O)OC(C)(C)C)CC2)C(=O)N1. The van der Waals surface area contributed by atoms with Crippen LogP contribution in [0.15, 0.2) is 0 Å². The van der Waals surface area contributed by atoms with Crippen molar-refractivity contribution in [2.75, 3.05) is 13.1 Å². The molecule has 20 heavy (non-hydrogen) atoms. The third-order valence-electron chi connectivity index (χ3n) is 4.32. The Morgan fingerprint density at radius 1 is 1.40 bits per heavy atom. The quantitative estimate of drug-likeness (QED) is 0.803. The summed E-state index contributed by atoms with van der Waals surface area (Å²) in [6.45, 7) is 8.92. The second kappa shape index (κ2) is 5.26. The van der Waals surface area contributed by atoms with Gasteiger partial charge in [0, 0.05) is 19.1 Å². The first-order chi connectivity index (χ1) is 9.26. The van der Waals surface area contributed by atoms with E-state index in [2.05, 4.69) is 12.2 Å². The van der Waals surface area contributed by atoms with E-state index < -0.39 is 5.60 Å². The Hall–Kier alpha value is -1.26. The van der Waals surface area contributed by atoms with Gasteiger partial charge in [-0.1, -0.05) is 6.92 Å². The van der Waals surface area contributed by atoms with E-state index in [4.69, 9.17) is 4.74 Å². The average molecular weight is 282 g/mol. The summed E-state index contributed by atoms with van der Waals surface area (Å²) in [6.07, 6.45) is 3.11. The Morgan fingerprint density at radius 3 is 2.45 bits per heavy atom. The van der Waals surface area contributed by atoms with Crippen molar-refractivity contribution in [2.45, 2.75) is 65.0 Å². The minimum Gasteiger partial charge on any atom is -0.444 e. The van der Waals surface area contributed by atoms with Gasteiger partial charge in [-0.05, 0) is 46.5 Å². The zero-order valence-electron chi connectivity index (χ0n) is 13.0. The van der Waals surface area contributed by atoms with Crippen LogP contribution in [0.1, 0.15) is 53.4 Å². The van der Waals surface area contributed by atoms with Gasteiger partial charge in [-0.2, -0.15) is 0 Å². The molecule has 0 radical (unpaired) electrons. The molecule has 2 aliphatic heterocycles. The number of nitrogens with one attached hydrogen (secondary N) is 1. The minimum absolute atomic E-state index is 0.174. The lowest BCUT2D eigenvalue weighted by Gasteiger charge is -2.37. The van der Waals surface area contributed by atoms with Crippen LogP contribution < -0.4 is 5.32 Å². The largest absolute Gasteiger partial charge is 0.444 e. The van der Waals surface area contributed by atoms with Crippen molar-refractivity contribution in [3.8, 4) is 0 Å². The Labute approximate surface area is 121 Å². The van der Waals surface area contributed by atoms with Gasteiger partial charge in [0.15, 0.2) is 0 Å². The number of carbonyl (C=O) groups is 2. The number of piperidine rings is 1. The van der Waals surface area contributed by atoms with Crippen molar-refractivity contribution in [3.05, 3.63) is 0 Å². The van der Waals surface area contributed by atoms with Gasteiger partial charge in [-0.3, -0.25) is 4.79 Å². The van der Waals surface area contributed by atoms with Gasteiger partial charge < -0.3 is 15.0 Å². The van der Waals surface area contributed by atoms with Crippen LogP contribution in [0, 0.1) is 5.41 Å². The molecule has 2 saturated heterocycles. The predicted octanol–water partition coefficient (Wildman–Crippen LogP) is 2.30. The molecule has 5 nitrogen and oxygen atoms in total. The second-order valence-corrected chi connectivity index (χ2v) is 7.03. The molecule has 0 aliphatic carbocycles. The maximum Gasteiger partial charge on any atom is 0.410 e. The zero-order valence-corrected chi connectivity index (χ0v) is 13.0. The fourth-order valence-corrected chi connectivity index (χ4v) is 3.08. The number of nitrogens with zero attached hydrogens (tertiary/aromatic N) is 1. The zero-order chi connectivity index (χ0) is 15.0. The summed E-state index contributed by atoms with van der Waals surface area (Å²) in [4.78, 5) is 25.9. The third kappa shape index (κ3) is 3.07. The first kappa shape index (κ1) is 15.1. The topological polar surface area (TPSA) is 58.6 Å². The summed E-state index contributed by atoms with van der Waals surface area (Å²) >= 11 is 0. The van der Waals surface area contributed by atoms with Gasteiger partial charge in [0.25, 0.3) is 0 Å². The first-order valence-corrected chi connectivity index (χ1v) is 7.55. The van der Waals surface area contributed by atoms with Gasteiger partial charge in [-0.25, -0.2) is 4.79 Å². The molecule has 0 aromatic carbocycles. The molecule has 2 rings (SSSR count). The van der Waals surface area contributed by atoms with E-state index in [1.165, 1.54) is 0 Å². The molecule has 1 unspecified atom stereocenters. The summed E-state index contributed by atoms with van der Waals surface area (Å²) in [5.74, 6) is 0.174. The average Bonchev–Trinajstić information content (AvgIpc) is 2.65. The Balaban J connectivity index is 1.93. The molecule has 1 N–H and O–H groups in total. The number of ether oxygens (including phenoxy) is 1. The molecule has 2 heterocycles. The molecular weight excluding hydrogens is 256 g/mol. The second-order valence-electron chi connectivity index (χ2n) is 7.03. The summed E-state index contributed by atoms with van der Waals surface area (Å²) in [7, 11) is 0. The number of hydrogen-bond donors (Lipinski definition) is 1. The Kier molecular flexibility index (Phi) is 3.98. The van der Waals surface area contributed by atoms with Crippen LogP contribution in [0.5, 0.6) is 0 Å². The van der Waals surface area contributed by atoms with Gasteiger partial charge in [0.1, 0.15) is 5.60 Å². The molecule has 2 amide bonds. The minimum atomic E-state index is -0.468. The van der Waals surface area contributed by atoms with E-state index in [-0.39, 0.29) is 17.4 Å².